The van der Waals surface area contributed by atoms with Gasteiger partial charge in [0.25, 0.3) is 27.8 Å². The number of halogens is 1. The van der Waals surface area contributed by atoms with Crippen LogP contribution >= 0.6 is 11.6 Å². The molecule has 20 aromatic rings. The highest BCUT2D eigenvalue weighted by Crippen LogP contribution is 2.36. The van der Waals surface area contributed by atoms with Crippen LogP contribution in [0.2, 0.25) is 5.02 Å². The number of nitrogens with one attached hydrogen (secondary N) is 1. The second-order valence-electron chi connectivity index (χ2n) is 39.9. The number of anilines is 1. The number of piperidine rings is 4. The molecule has 0 atom stereocenters. The van der Waals surface area contributed by atoms with Crippen LogP contribution in [0.3, 0.4) is 0 Å². The van der Waals surface area contributed by atoms with Crippen LogP contribution in [0.15, 0.2) is 225 Å². The van der Waals surface area contributed by atoms with Gasteiger partial charge < -0.3 is 34.2 Å². The molecule has 22 heterocycles. The number of nitrogens with zero attached hydrogens (tertiary/aromatic N) is 29. The summed E-state index contributed by atoms with van der Waals surface area (Å²) < 4.78 is 16.6. The van der Waals surface area contributed by atoms with E-state index < -0.39 is 0 Å². The lowest BCUT2D eigenvalue weighted by Gasteiger charge is -2.34. The van der Waals surface area contributed by atoms with Crippen molar-refractivity contribution < 1.29 is 0 Å². The van der Waals surface area contributed by atoms with Gasteiger partial charge in [-0.05, 0) is 293 Å². The number of likely N-dealkylation sites (tertiary alicyclic amines) is 3. The fourth-order valence-electron chi connectivity index (χ4n) is 21.0. The molecule has 35 nitrogen and oxygen atoms in total. The summed E-state index contributed by atoms with van der Waals surface area (Å²) in [7, 11) is 9.99. The summed E-state index contributed by atoms with van der Waals surface area (Å²) in [5.41, 5.74) is 23.0. The molecule has 17 aromatic heterocycles. The molecular formula is C110H119ClN30O5. The van der Waals surface area contributed by atoms with Crippen molar-refractivity contribution >= 4 is 89.4 Å². The van der Waals surface area contributed by atoms with E-state index >= 15 is 0 Å². The van der Waals surface area contributed by atoms with Gasteiger partial charge in [-0.1, -0.05) is 42.8 Å². The molecule has 5 aliphatic heterocycles. The third kappa shape index (κ3) is 20.7. The first kappa shape index (κ1) is 97.0. The van der Waals surface area contributed by atoms with Gasteiger partial charge in [-0.2, -0.15) is 49.2 Å². The molecule has 36 heteroatoms. The van der Waals surface area contributed by atoms with Crippen LogP contribution in [0.1, 0.15) is 148 Å². The van der Waals surface area contributed by atoms with E-state index in [0.29, 0.717) is 103 Å². The number of imidazole rings is 1. The fourth-order valence-corrected chi connectivity index (χ4v) is 21.2. The van der Waals surface area contributed by atoms with E-state index in [9.17, 15) is 24.0 Å². The highest BCUT2D eigenvalue weighted by atomic mass is 35.5. The van der Waals surface area contributed by atoms with Crippen molar-refractivity contribution in [3.8, 4) is 56.4 Å². The minimum absolute atomic E-state index is 0.0838. The summed E-state index contributed by atoms with van der Waals surface area (Å²) in [4.78, 5) is 109. The van der Waals surface area contributed by atoms with Crippen molar-refractivity contribution in [3.63, 3.8) is 0 Å². The molecule has 0 spiro atoms. The third-order valence-corrected chi connectivity index (χ3v) is 29.4. The van der Waals surface area contributed by atoms with Crippen LogP contribution in [-0.4, -0.2) is 241 Å². The lowest BCUT2D eigenvalue weighted by molar-refractivity contribution is 0.172. The van der Waals surface area contributed by atoms with Gasteiger partial charge >= 0.3 is 0 Å². The Bertz CT molecular complexity index is 8690. The van der Waals surface area contributed by atoms with Crippen molar-refractivity contribution in [2.75, 3.05) is 104 Å². The first-order chi connectivity index (χ1) is 70.6. The highest BCUT2D eigenvalue weighted by Gasteiger charge is 2.28. The summed E-state index contributed by atoms with van der Waals surface area (Å²) in [6.07, 6.45) is 25.2. The van der Waals surface area contributed by atoms with Gasteiger partial charge in [0, 0.05) is 177 Å². The predicted octanol–water partition coefficient (Wildman–Crippen LogP) is 14.4. The van der Waals surface area contributed by atoms with E-state index in [1.807, 2.05) is 217 Å². The Labute approximate surface area is 846 Å². The largest absolute Gasteiger partial charge is 0.369 e. The van der Waals surface area contributed by atoms with Crippen LogP contribution in [-0.2, 0) is 21.1 Å². The number of benzene rings is 3. The van der Waals surface area contributed by atoms with E-state index in [1.165, 1.54) is 19.1 Å². The monoisotopic (exact) mass is 1970 g/mol. The maximum absolute atomic E-state index is 13.1. The number of likely N-dealkylation sites (N-methyl/N-ethyl adjacent to an activating group) is 1. The number of pyridine rings is 3. The molecule has 5 saturated heterocycles. The SMILES string of the molecule is CCN1CCC(c2ccc3nc(-c4ccc5nn(C)cc5c4)cc(=O)n3n2)CC1.CN1CCC(c2ccc3nc(-c4ccc5nn(C)cc5c4)cc(=O)n3n2)CC1.Cc1cn2cc(-c3cc(=O)n4cc(C5CCN(C(C)C)CC5)ccc4n3)cc(Cl)c2n1.Cc1cn2nc(-c3cc(=O)n4cc(N5CCCN(C)CC5)cc(C)c4n3)cc2c(C)n1.Cn1cc2cc(-c3cc(=O)n4nc(C5CCNCC5)ccc4n3)ccc2n1. The number of aryl methyl sites for hydroxylation is 7. The summed E-state index contributed by atoms with van der Waals surface area (Å²) in [6.45, 7) is 28.2. The average molecular weight is 1980 g/mol. The number of rotatable bonds is 12. The van der Waals surface area contributed by atoms with E-state index in [1.54, 1.807) is 53.2 Å². The number of hydrogen-bond acceptors (Lipinski definition) is 25. The molecule has 25 rings (SSSR count). The van der Waals surface area contributed by atoms with Gasteiger partial charge in [-0.15, -0.1) is 0 Å². The Morgan fingerprint density at radius 3 is 1.40 bits per heavy atom. The first-order valence-electron chi connectivity index (χ1n) is 50.5. The van der Waals surface area contributed by atoms with Crippen LogP contribution in [0.25, 0.3) is 129 Å². The summed E-state index contributed by atoms with van der Waals surface area (Å²) >= 11 is 6.42. The Hall–Kier alpha value is -15.1. The molecule has 0 bridgehead atoms. The molecule has 146 heavy (non-hydrogen) atoms. The minimum atomic E-state index is -0.155. The lowest BCUT2D eigenvalue weighted by Crippen LogP contribution is -2.37. The van der Waals surface area contributed by atoms with Crippen LogP contribution in [0, 0.1) is 27.7 Å². The maximum Gasteiger partial charge on any atom is 0.275 e. The zero-order valence-electron chi connectivity index (χ0n) is 84.4. The third-order valence-electron chi connectivity index (χ3n) is 29.1. The Morgan fingerprint density at radius 1 is 0.377 bits per heavy atom. The number of hydrogen-bond donors (Lipinski definition) is 1. The topological polar surface area (TPSA) is 340 Å². The smallest absolute Gasteiger partial charge is 0.275 e. The quantitative estimate of drug-likeness (QED) is 0.119. The average Bonchev–Trinajstić information content (AvgIpc) is 1.56. The predicted molar refractivity (Wildman–Crippen MR) is 571 cm³/mol. The fraction of sp³-hybridized carbons (Fsp3) is 0.355. The standard InChI is InChI=1S/C24H26ClN5O.C23H27N7O.C22H24N6O.C21H22N6O.C20H20N6O/c1-15(2)28-8-6-17(7-9-28)18-4-5-22-27-21(11-23(31)30(22)14-18)19-10-20(25)24-26-16(3)12-29(24)13-19;1-15-10-18(28-7-5-6-27(4)8-9-28)14-29-22(31)12-19(25-23(15)29)20-11-21-17(3)24-16(2)13-30(21)26-20;1-3-27-10-8-15(9-11-27)18-6-7-21-23-20(13-22(29)28(21)25-18)16-4-5-19-17(12-16)14-26(2)24-19;1-25-9-7-14(8-10-25)17-5-6-20-22-19(12-21(28)27(20)24-17)15-3-4-18-16(11-15)13-26(2)23-18;1-25-12-15-10-14(2-3-17(15)23-25)18-11-20(27)26-19(22-18)5-4-16(24-26)13-6-8-21-9-7-13/h4-5,10-15,17H,6-9H2,1-3H3;10-14H,5-9H2,1-4H3;4-7,12-15H,3,8-11H2,1-2H3;3-6,11-14H,7-10H2,1-2H3;2-5,10-13,21H,6-9H2,1H3. The summed E-state index contributed by atoms with van der Waals surface area (Å²) in [6, 6.07) is 48.0. The van der Waals surface area contributed by atoms with Gasteiger partial charge in [0.2, 0.25) is 0 Å². The van der Waals surface area contributed by atoms with Crippen LogP contribution < -0.4 is 38.0 Å². The molecule has 0 radical (unpaired) electrons. The molecule has 746 valence electrons. The molecule has 5 fully saturated rings. The Morgan fingerprint density at radius 2 is 0.856 bits per heavy atom. The van der Waals surface area contributed by atoms with E-state index in [4.69, 9.17) is 26.6 Å². The Kier molecular flexibility index (Phi) is 27.3. The van der Waals surface area contributed by atoms with E-state index in [0.717, 1.165) is 249 Å². The molecule has 0 aliphatic carbocycles. The molecule has 0 saturated carbocycles. The van der Waals surface area contributed by atoms with Crippen LogP contribution in [0.4, 0.5) is 5.69 Å². The molecule has 3 aromatic carbocycles. The van der Waals surface area contributed by atoms with Gasteiger partial charge in [-0.25, -0.2) is 34.4 Å². The van der Waals surface area contributed by atoms with Gasteiger partial charge in [0.1, 0.15) is 17.0 Å². The summed E-state index contributed by atoms with van der Waals surface area (Å²) in [5, 5.41) is 38.6. The Balaban J connectivity index is 0.000000107. The first-order valence-corrected chi connectivity index (χ1v) is 50.9. The van der Waals surface area contributed by atoms with Crippen LogP contribution in [0.5, 0.6) is 0 Å². The second kappa shape index (κ2) is 41.2. The van der Waals surface area contributed by atoms with Crippen molar-refractivity contribution in [3.05, 3.63) is 303 Å². The van der Waals surface area contributed by atoms with Crippen molar-refractivity contribution in [1.29, 1.82) is 0 Å². The number of fused-ring (bicyclic) bond motifs is 10. The van der Waals surface area contributed by atoms with E-state index in [2.05, 4.69) is 132 Å². The lowest BCUT2D eigenvalue weighted by atomic mass is 9.90. The molecule has 5 aliphatic rings. The summed E-state index contributed by atoms with van der Waals surface area (Å²) in [5.74, 6) is 1.69. The van der Waals surface area contributed by atoms with Crippen molar-refractivity contribution in [2.24, 2.45) is 21.1 Å². The normalized spacial score (nSPS) is 15.9. The zero-order valence-corrected chi connectivity index (χ0v) is 85.1. The second-order valence-corrected chi connectivity index (χ2v) is 40.3. The number of aromatic nitrogens is 24. The molecule has 0 amide bonds. The van der Waals surface area contributed by atoms with Crippen molar-refractivity contribution in [2.45, 2.75) is 136 Å². The van der Waals surface area contributed by atoms with Crippen molar-refractivity contribution in [1.82, 2.24) is 141 Å². The van der Waals surface area contributed by atoms with Gasteiger partial charge in [-0.3, -0.25) is 51.8 Å². The molecule has 0 unspecified atom stereocenters. The van der Waals surface area contributed by atoms with Gasteiger partial charge in [0.05, 0.1) is 102 Å². The molecule has 1 N–H and O–H groups in total. The molecular weight excluding hydrogens is 1860 g/mol. The maximum atomic E-state index is 13.1. The highest BCUT2D eigenvalue weighted by molar-refractivity contribution is 6.33. The zero-order chi connectivity index (χ0) is 101. The minimum Gasteiger partial charge on any atom is -0.369 e. The van der Waals surface area contributed by atoms with E-state index in [-0.39, 0.29) is 27.8 Å². The van der Waals surface area contributed by atoms with Gasteiger partial charge in [0.15, 0.2) is 22.6 Å².